The smallest absolute Gasteiger partial charge is 0.380 e. The van der Waals surface area contributed by atoms with Crippen LogP contribution >= 0.6 is 0 Å². The SMILES string of the molecule is [C-]#[N+]c1cnc2[nH]ccc2c1N(C)C1CC(CS(=O)(=O)c2cccc(C(F)(F)F)c2)C1. The number of aromatic nitrogens is 2. The number of aromatic amines is 1. The van der Waals surface area contributed by atoms with Crippen LogP contribution in [0.25, 0.3) is 15.9 Å². The number of anilines is 1. The first kappa shape index (κ1) is 21.2. The summed E-state index contributed by atoms with van der Waals surface area (Å²) < 4.78 is 64.1. The van der Waals surface area contributed by atoms with E-state index in [-0.39, 0.29) is 22.6 Å². The number of sulfone groups is 1. The fourth-order valence-corrected chi connectivity index (χ4v) is 5.72. The van der Waals surface area contributed by atoms with Gasteiger partial charge in [-0.2, -0.15) is 13.2 Å². The monoisotopic (exact) mass is 448 g/mol. The lowest BCUT2D eigenvalue weighted by Gasteiger charge is -2.42. The highest BCUT2D eigenvalue weighted by atomic mass is 32.2. The summed E-state index contributed by atoms with van der Waals surface area (Å²) in [6, 6.07) is 5.75. The van der Waals surface area contributed by atoms with Gasteiger partial charge in [-0.3, -0.25) is 4.98 Å². The van der Waals surface area contributed by atoms with E-state index < -0.39 is 21.6 Å². The maximum atomic E-state index is 12.9. The first-order valence-corrected chi connectivity index (χ1v) is 11.2. The summed E-state index contributed by atoms with van der Waals surface area (Å²) >= 11 is 0. The van der Waals surface area contributed by atoms with Gasteiger partial charge in [-0.15, -0.1) is 0 Å². The Balaban J connectivity index is 1.48. The van der Waals surface area contributed by atoms with Crippen molar-refractivity contribution in [2.45, 2.75) is 30.0 Å². The zero-order chi connectivity index (χ0) is 22.4. The van der Waals surface area contributed by atoms with Crippen LogP contribution in [0.15, 0.2) is 47.6 Å². The molecule has 6 nitrogen and oxygen atoms in total. The van der Waals surface area contributed by atoms with E-state index in [2.05, 4.69) is 14.8 Å². The Hall–Kier alpha value is -3.06. The molecule has 1 N–H and O–H groups in total. The lowest BCUT2D eigenvalue weighted by atomic mass is 9.80. The Labute approximate surface area is 177 Å². The number of benzene rings is 1. The minimum absolute atomic E-state index is 0.0303. The van der Waals surface area contributed by atoms with Gasteiger partial charge in [-0.1, -0.05) is 6.07 Å². The molecule has 4 rings (SSSR count). The van der Waals surface area contributed by atoms with E-state index in [0.29, 0.717) is 30.2 Å². The Morgan fingerprint density at radius 3 is 2.71 bits per heavy atom. The number of nitrogens with zero attached hydrogens (tertiary/aromatic N) is 3. The molecule has 2 heterocycles. The summed E-state index contributed by atoms with van der Waals surface area (Å²) in [4.78, 5) is 12.5. The second-order valence-corrected chi connectivity index (χ2v) is 9.79. The molecule has 1 aromatic carbocycles. The largest absolute Gasteiger partial charge is 0.416 e. The summed E-state index contributed by atoms with van der Waals surface area (Å²) in [6.07, 6.45) is -0.203. The second kappa shape index (κ2) is 7.57. The molecule has 1 aliphatic rings. The topological polar surface area (TPSA) is 70.4 Å². The quantitative estimate of drug-likeness (QED) is 0.568. The Morgan fingerprint density at radius 1 is 1.29 bits per heavy atom. The highest BCUT2D eigenvalue weighted by Crippen LogP contribution is 2.41. The van der Waals surface area contributed by atoms with Crippen LogP contribution in [0.1, 0.15) is 18.4 Å². The standard InChI is InChI=1S/C21H19F3N4O2S/c1-25-18-11-27-20-17(6-7-26-20)19(18)28(2)15-8-13(9-15)12-31(29,30)16-5-3-4-14(10-16)21(22,23)24/h3-7,10-11,13,15H,8-9,12H2,2H3,(H,26,27). The number of hydrogen-bond donors (Lipinski definition) is 1. The summed E-state index contributed by atoms with van der Waals surface area (Å²) in [5.41, 5.74) is 0.844. The van der Waals surface area contributed by atoms with E-state index in [9.17, 15) is 21.6 Å². The maximum Gasteiger partial charge on any atom is 0.416 e. The third kappa shape index (κ3) is 3.97. The van der Waals surface area contributed by atoms with Gasteiger partial charge in [0.2, 0.25) is 5.69 Å². The van der Waals surface area contributed by atoms with Crippen molar-refractivity contribution in [1.29, 1.82) is 0 Å². The molecular weight excluding hydrogens is 429 g/mol. The molecule has 0 bridgehead atoms. The molecule has 31 heavy (non-hydrogen) atoms. The lowest BCUT2D eigenvalue weighted by molar-refractivity contribution is -0.137. The van der Waals surface area contributed by atoms with E-state index in [1.54, 1.807) is 6.20 Å². The van der Waals surface area contributed by atoms with E-state index in [1.165, 1.54) is 12.3 Å². The molecule has 0 spiro atoms. The highest BCUT2D eigenvalue weighted by Gasteiger charge is 2.37. The minimum atomic E-state index is -4.59. The highest BCUT2D eigenvalue weighted by molar-refractivity contribution is 7.91. The molecule has 10 heteroatoms. The van der Waals surface area contributed by atoms with E-state index in [1.807, 2.05) is 18.0 Å². The second-order valence-electron chi connectivity index (χ2n) is 7.75. The molecule has 3 aromatic rings. The Kier molecular flexibility index (Phi) is 5.17. The molecule has 0 aliphatic heterocycles. The van der Waals surface area contributed by atoms with Gasteiger partial charge >= 0.3 is 6.18 Å². The van der Waals surface area contributed by atoms with Gasteiger partial charge in [0, 0.05) is 30.9 Å². The van der Waals surface area contributed by atoms with Gasteiger partial charge in [0.15, 0.2) is 9.84 Å². The van der Waals surface area contributed by atoms with E-state index in [0.717, 1.165) is 23.2 Å². The molecule has 0 unspecified atom stereocenters. The van der Waals surface area contributed by atoms with Crippen LogP contribution in [0.3, 0.4) is 0 Å². The lowest BCUT2D eigenvalue weighted by Crippen LogP contribution is -2.45. The van der Waals surface area contributed by atoms with Gasteiger partial charge in [0.05, 0.1) is 28.5 Å². The molecule has 2 aromatic heterocycles. The van der Waals surface area contributed by atoms with Crippen LogP contribution in [-0.2, 0) is 16.0 Å². The van der Waals surface area contributed by atoms with Crippen molar-refractivity contribution in [2.24, 2.45) is 5.92 Å². The van der Waals surface area contributed by atoms with Crippen molar-refractivity contribution in [3.8, 4) is 0 Å². The molecule has 162 valence electrons. The van der Waals surface area contributed by atoms with Crippen molar-refractivity contribution < 1.29 is 21.6 Å². The van der Waals surface area contributed by atoms with Gasteiger partial charge in [-0.25, -0.2) is 13.3 Å². The average molecular weight is 448 g/mol. The van der Waals surface area contributed by atoms with Crippen LogP contribution in [0.5, 0.6) is 0 Å². The summed E-state index contributed by atoms with van der Waals surface area (Å²) in [6.45, 7) is 7.43. The number of hydrogen-bond acceptors (Lipinski definition) is 4. The fraction of sp³-hybridized carbons (Fsp3) is 0.333. The number of alkyl halides is 3. The van der Waals surface area contributed by atoms with Crippen molar-refractivity contribution in [1.82, 2.24) is 9.97 Å². The predicted molar refractivity (Wildman–Crippen MR) is 111 cm³/mol. The van der Waals surface area contributed by atoms with Gasteiger partial charge in [0.1, 0.15) is 5.65 Å². The third-order valence-electron chi connectivity index (χ3n) is 5.75. The number of nitrogens with one attached hydrogen (secondary N) is 1. The molecule has 0 radical (unpaired) electrons. The van der Waals surface area contributed by atoms with Crippen molar-refractivity contribution in [3.05, 3.63) is 59.7 Å². The molecular formula is C21H19F3N4O2S. The molecule has 0 amide bonds. The van der Waals surface area contributed by atoms with Crippen LogP contribution in [0.2, 0.25) is 0 Å². The van der Waals surface area contributed by atoms with Gasteiger partial charge in [-0.05, 0) is 43.0 Å². The van der Waals surface area contributed by atoms with Crippen LogP contribution in [0, 0.1) is 12.5 Å². The Bertz CT molecular complexity index is 1270. The predicted octanol–water partition coefficient (Wildman–Crippen LogP) is 4.82. The zero-order valence-electron chi connectivity index (χ0n) is 16.5. The molecule has 1 fully saturated rings. The van der Waals surface area contributed by atoms with Gasteiger partial charge in [0.25, 0.3) is 0 Å². The molecule has 1 aliphatic carbocycles. The van der Waals surface area contributed by atoms with Crippen molar-refractivity contribution >= 4 is 32.2 Å². The summed E-state index contributed by atoms with van der Waals surface area (Å²) in [5.74, 6) is -0.364. The Morgan fingerprint density at radius 2 is 2.03 bits per heavy atom. The fourth-order valence-electron chi connectivity index (χ4n) is 4.04. The van der Waals surface area contributed by atoms with Crippen LogP contribution < -0.4 is 4.90 Å². The first-order valence-electron chi connectivity index (χ1n) is 9.56. The van der Waals surface area contributed by atoms with Crippen molar-refractivity contribution in [2.75, 3.05) is 17.7 Å². The van der Waals surface area contributed by atoms with Crippen molar-refractivity contribution in [3.63, 3.8) is 0 Å². The summed E-state index contributed by atoms with van der Waals surface area (Å²) in [7, 11) is -1.98. The first-order chi connectivity index (χ1) is 14.6. The number of halogens is 3. The average Bonchev–Trinajstić information content (AvgIpc) is 3.17. The molecule has 1 saturated carbocycles. The third-order valence-corrected chi connectivity index (χ3v) is 7.63. The van der Waals surface area contributed by atoms with Crippen LogP contribution in [-0.4, -0.2) is 37.2 Å². The minimum Gasteiger partial charge on any atom is -0.380 e. The number of fused-ring (bicyclic) bond motifs is 1. The normalized spacial score (nSPS) is 19.1. The number of pyridine rings is 1. The number of rotatable bonds is 5. The van der Waals surface area contributed by atoms with E-state index in [4.69, 9.17) is 6.57 Å². The number of H-pyrrole nitrogens is 1. The van der Waals surface area contributed by atoms with Gasteiger partial charge < -0.3 is 9.88 Å². The molecule has 0 atom stereocenters. The van der Waals surface area contributed by atoms with Crippen LogP contribution in [0.4, 0.5) is 24.5 Å². The molecule has 0 saturated heterocycles. The maximum absolute atomic E-state index is 12.9. The zero-order valence-corrected chi connectivity index (χ0v) is 17.3. The van der Waals surface area contributed by atoms with E-state index >= 15 is 0 Å². The summed E-state index contributed by atoms with van der Waals surface area (Å²) in [5, 5.41) is 0.816.